The highest BCUT2D eigenvalue weighted by Gasteiger charge is 2.33. The number of nitrogens with zero attached hydrogens (tertiary/aromatic N) is 3. The van der Waals surface area contributed by atoms with Gasteiger partial charge in [0.15, 0.2) is 0 Å². The van der Waals surface area contributed by atoms with Gasteiger partial charge in [0.05, 0.1) is 20.1 Å². The van der Waals surface area contributed by atoms with Gasteiger partial charge in [-0.05, 0) is 11.5 Å². The number of benzene rings is 1. The number of methoxy groups -OCH3 is 1. The summed E-state index contributed by atoms with van der Waals surface area (Å²) in [5.74, 6) is 0.736. The zero-order valence-electron chi connectivity index (χ0n) is 15.8. The summed E-state index contributed by atoms with van der Waals surface area (Å²) < 4.78 is 10.1. The largest absolute Gasteiger partial charge is 0.469 e. The number of piperazine rings is 1. The van der Waals surface area contributed by atoms with Crippen molar-refractivity contribution < 1.29 is 18.8 Å². The second-order valence-electron chi connectivity index (χ2n) is 6.85. The van der Waals surface area contributed by atoms with E-state index in [0.717, 1.165) is 5.56 Å². The maximum atomic E-state index is 12.1. The molecule has 0 aliphatic carbocycles. The molecule has 1 atom stereocenters. The third kappa shape index (κ3) is 4.51. The van der Waals surface area contributed by atoms with Crippen LogP contribution in [-0.4, -0.2) is 53.2 Å². The molecule has 1 N–H and O–H groups in total. The molecule has 0 bridgehead atoms. The molecule has 0 radical (unpaired) electrons. The van der Waals surface area contributed by atoms with Crippen LogP contribution in [0, 0.1) is 0 Å². The number of amides is 1. The van der Waals surface area contributed by atoms with Crippen molar-refractivity contribution in [1.82, 2.24) is 20.4 Å². The number of carbonyl (C=O) groups excluding carboxylic acids is 2. The fourth-order valence-corrected chi connectivity index (χ4v) is 3.04. The normalized spacial score (nSPS) is 17.8. The van der Waals surface area contributed by atoms with Gasteiger partial charge in [0.2, 0.25) is 17.6 Å². The second kappa shape index (κ2) is 8.30. The fourth-order valence-electron chi connectivity index (χ4n) is 3.04. The van der Waals surface area contributed by atoms with Crippen molar-refractivity contribution in [3.8, 4) is 11.4 Å². The van der Waals surface area contributed by atoms with Crippen molar-refractivity contribution in [3.63, 3.8) is 0 Å². The molecule has 1 amide bonds. The zero-order chi connectivity index (χ0) is 19.4. The van der Waals surface area contributed by atoms with E-state index in [1.165, 1.54) is 12.7 Å². The average Bonchev–Trinajstić information content (AvgIpc) is 3.13. The number of aromatic nitrogens is 2. The minimum Gasteiger partial charge on any atom is -0.469 e. The molecule has 1 unspecified atom stereocenters. The topological polar surface area (TPSA) is 97.6 Å². The third-order valence-corrected chi connectivity index (χ3v) is 4.67. The molecular formula is C19H24N4O4. The smallest absolute Gasteiger partial charge is 0.307 e. The molecular weight excluding hydrogens is 348 g/mol. The minimum atomic E-state index is -0.605. The first-order valence-corrected chi connectivity index (χ1v) is 8.99. The van der Waals surface area contributed by atoms with E-state index in [-0.39, 0.29) is 12.3 Å². The van der Waals surface area contributed by atoms with Crippen molar-refractivity contribution in [1.29, 1.82) is 0 Å². The molecule has 1 aliphatic rings. The van der Waals surface area contributed by atoms with Crippen molar-refractivity contribution in [2.24, 2.45) is 0 Å². The molecule has 2 aromatic rings. The van der Waals surface area contributed by atoms with Crippen LogP contribution in [0.15, 0.2) is 28.8 Å². The van der Waals surface area contributed by atoms with Gasteiger partial charge < -0.3 is 14.6 Å². The lowest BCUT2D eigenvalue weighted by molar-refractivity contribution is -0.146. The Morgan fingerprint density at radius 3 is 2.78 bits per heavy atom. The summed E-state index contributed by atoms with van der Waals surface area (Å²) in [6.07, 6.45) is -0.0139. The molecule has 3 rings (SSSR count). The molecule has 1 fully saturated rings. The summed E-state index contributed by atoms with van der Waals surface area (Å²) in [5.41, 5.74) is 2.12. The van der Waals surface area contributed by atoms with Gasteiger partial charge in [-0.15, -0.1) is 0 Å². The van der Waals surface area contributed by atoms with E-state index < -0.39 is 12.0 Å². The Bertz CT molecular complexity index is 800. The summed E-state index contributed by atoms with van der Waals surface area (Å²) in [6, 6.07) is 7.44. The van der Waals surface area contributed by atoms with E-state index in [2.05, 4.69) is 41.4 Å². The SMILES string of the molecule is COC(=O)CC1C(=O)NCCN1Cc1nc(-c2ccc(C(C)C)cc2)no1. The molecule has 27 heavy (non-hydrogen) atoms. The molecule has 1 aromatic heterocycles. The van der Waals surface area contributed by atoms with E-state index in [0.29, 0.717) is 37.3 Å². The number of carbonyl (C=O) groups is 2. The zero-order valence-corrected chi connectivity index (χ0v) is 15.8. The van der Waals surface area contributed by atoms with E-state index in [1.54, 1.807) is 0 Å². The van der Waals surface area contributed by atoms with Crippen LogP contribution < -0.4 is 5.32 Å². The van der Waals surface area contributed by atoms with Crippen molar-refractivity contribution in [2.45, 2.75) is 38.8 Å². The predicted molar refractivity (Wildman–Crippen MR) is 97.7 cm³/mol. The molecule has 1 aromatic carbocycles. The number of ether oxygens (including phenoxy) is 1. The standard InChI is InChI=1S/C19H24N4O4/c1-12(2)13-4-6-14(7-5-13)18-21-16(27-22-18)11-23-9-8-20-19(25)15(23)10-17(24)26-3/h4-7,12,15H,8-11H2,1-3H3,(H,20,25). The first kappa shape index (κ1) is 19.0. The quantitative estimate of drug-likeness (QED) is 0.771. The average molecular weight is 372 g/mol. The Hall–Kier alpha value is -2.74. The van der Waals surface area contributed by atoms with Gasteiger partial charge in [-0.2, -0.15) is 4.98 Å². The van der Waals surface area contributed by atoms with Crippen molar-refractivity contribution in [2.75, 3.05) is 20.2 Å². The summed E-state index contributed by atoms with van der Waals surface area (Å²) in [7, 11) is 1.31. The number of hydrogen-bond donors (Lipinski definition) is 1. The molecule has 1 saturated heterocycles. The molecule has 8 nitrogen and oxygen atoms in total. The summed E-state index contributed by atoms with van der Waals surface area (Å²) in [5, 5.41) is 6.81. The van der Waals surface area contributed by atoms with Gasteiger partial charge in [0.1, 0.15) is 6.04 Å². The molecule has 1 aliphatic heterocycles. The molecule has 2 heterocycles. The Morgan fingerprint density at radius 2 is 2.11 bits per heavy atom. The second-order valence-corrected chi connectivity index (χ2v) is 6.85. The number of hydrogen-bond acceptors (Lipinski definition) is 7. The lowest BCUT2D eigenvalue weighted by atomic mass is 10.0. The van der Waals surface area contributed by atoms with Gasteiger partial charge in [-0.25, -0.2) is 0 Å². The monoisotopic (exact) mass is 372 g/mol. The maximum Gasteiger partial charge on any atom is 0.307 e. The molecule has 0 saturated carbocycles. The lowest BCUT2D eigenvalue weighted by Gasteiger charge is -2.33. The van der Waals surface area contributed by atoms with Gasteiger partial charge in [-0.3, -0.25) is 14.5 Å². The van der Waals surface area contributed by atoms with Crippen LogP contribution in [-0.2, 0) is 20.9 Å². The Labute approximate surface area is 157 Å². The molecule has 8 heteroatoms. The molecule has 0 spiro atoms. The van der Waals surface area contributed by atoms with E-state index in [9.17, 15) is 9.59 Å². The lowest BCUT2D eigenvalue weighted by Crippen LogP contribution is -2.55. The Kier molecular flexibility index (Phi) is 5.85. The maximum absolute atomic E-state index is 12.1. The van der Waals surface area contributed by atoms with Crippen LogP contribution in [0.5, 0.6) is 0 Å². The van der Waals surface area contributed by atoms with Gasteiger partial charge >= 0.3 is 5.97 Å². The highest BCUT2D eigenvalue weighted by Crippen LogP contribution is 2.21. The van der Waals surface area contributed by atoms with E-state index in [4.69, 9.17) is 9.26 Å². The van der Waals surface area contributed by atoms with Crippen LogP contribution in [0.4, 0.5) is 0 Å². The predicted octanol–water partition coefficient (Wildman–Crippen LogP) is 1.72. The first-order chi connectivity index (χ1) is 13.0. The van der Waals surface area contributed by atoms with Crippen molar-refractivity contribution in [3.05, 3.63) is 35.7 Å². The first-order valence-electron chi connectivity index (χ1n) is 8.99. The third-order valence-electron chi connectivity index (χ3n) is 4.67. The Morgan fingerprint density at radius 1 is 1.37 bits per heavy atom. The van der Waals surface area contributed by atoms with Gasteiger partial charge in [-0.1, -0.05) is 43.3 Å². The number of rotatable bonds is 6. The summed E-state index contributed by atoms with van der Waals surface area (Å²) in [4.78, 5) is 30.0. The molecule has 144 valence electrons. The van der Waals surface area contributed by atoms with Gasteiger partial charge in [0.25, 0.3) is 0 Å². The number of nitrogens with one attached hydrogen (secondary N) is 1. The summed E-state index contributed by atoms with van der Waals surface area (Å²) in [6.45, 7) is 5.68. The van der Waals surface area contributed by atoms with Crippen LogP contribution in [0.2, 0.25) is 0 Å². The van der Waals surface area contributed by atoms with Crippen LogP contribution in [0.1, 0.15) is 37.6 Å². The van der Waals surface area contributed by atoms with Gasteiger partial charge in [0, 0.05) is 18.7 Å². The van der Waals surface area contributed by atoms with Crippen molar-refractivity contribution >= 4 is 11.9 Å². The Balaban J connectivity index is 1.71. The van der Waals surface area contributed by atoms with E-state index >= 15 is 0 Å². The van der Waals surface area contributed by atoms with Crippen LogP contribution >= 0.6 is 0 Å². The number of esters is 1. The highest BCUT2D eigenvalue weighted by atomic mass is 16.5. The highest BCUT2D eigenvalue weighted by molar-refractivity contribution is 5.87. The van der Waals surface area contributed by atoms with Crippen LogP contribution in [0.3, 0.4) is 0 Å². The van der Waals surface area contributed by atoms with Crippen LogP contribution in [0.25, 0.3) is 11.4 Å². The fraction of sp³-hybridized carbons (Fsp3) is 0.474. The van der Waals surface area contributed by atoms with E-state index in [1.807, 2.05) is 17.0 Å². The summed E-state index contributed by atoms with van der Waals surface area (Å²) >= 11 is 0. The minimum absolute atomic E-state index is 0.0139.